The minimum atomic E-state index is -4.33. The summed E-state index contributed by atoms with van der Waals surface area (Å²) in [6.45, 7) is 2.10. The Labute approximate surface area is 149 Å². The predicted octanol–water partition coefficient (Wildman–Crippen LogP) is 3.87. The third kappa shape index (κ3) is 3.22. The number of aryl methyl sites for hydroxylation is 1. The van der Waals surface area contributed by atoms with Gasteiger partial charge in [-0.15, -0.1) is 0 Å². The molecule has 2 aromatic rings. The zero-order valence-corrected chi connectivity index (χ0v) is 14.3. The molecule has 1 amide bonds. The van der Waals surface area contributed by atoms with Crippen molar-refractivity contribution in [2.24, 2.45) is 0 Å². The van der Waals surface area contributed by atoms with Crippen molar-refractivity contribution in [3.63, 3.8) is 0 Å². The van der Waals surface area contributed by atoms with E-state index in [0.717, 1.165) is 44.2 Å². The van der Waals surface area contributed by atoms with Gasteiger partial charge in [-0.2, -0.15) is 13.2 Å². The smallest absolute Gasteiger partial charge is 0.337 e. The molecule has 2 aliphatic heterocycles. The first-order chi connectivity index (χ1) is 12.4. The number of carbonyl (C=O) groups is 1. The lowest BCUT2D eigenvalue weighted by molar-refractivity contribution is -0.137. The Bertz CT molecular complexity index is 822. The number of likely N-dealkylation sites (tertiary alicyclic amines) is 1. The van der Waals surface area contributed by atoms with Crippen LogP contribution in [0.15, 0.2) is 30.5 Å². The molecule has 0 N–H and O–H groups in total. The Morgan fingerprint density at radius 2 is 1.96 bits per heavy atom. The Morgan fingerprint density at radius 1 is 1.19 bits per heavy atom. The lowest BCUT2D eigenvalue weighted by Gasteiger charge is -2.24. The van der Waals surface area contributed by atoms with Crippen molar-refractivity contribution in [1.82, 2.24) is 14.5 Å². The van der Waals surface area contributed by atoms with Crippen LogP contribution in [-0.2, 0) is 19.1 Å². The number of nitrogens with zero attached hydrogens (tertiary/aromatic N) is 3. The third-order valence-electron chi connectivity index (χ3n) is 5.29. The van der Waals surface area contributed by atoms with E-state index in [1.165, 1.54) is 12.1 Å². The average Bonchev–Trinajstić information content (AvgIpc) is 3.29. The summed E-state index contributed by atoms with van der Waals surface area (Å²) < 4.78 is 40.8. The molecule has 0 radical (unpaired) electrons. The van der Waals surface area contributed by atoms with Crippen LogP contribution in [0.4, 0.5) is 13.2 Å². The van der Waals surface area contributed by atoms with Crippen LogP contribution in [0.25, 0.3) is 0 Å². The van der Waals surface area contributed by atoms with Gasteiger partial charge >= 0.3 is 6.18 Å². The van der Waals surface area contributed by atoms with Crippen molar-refractivity contribution < 1.29 is 18.0 Å². The molecular formula is C19H20F3N3O. The summed E-state index contributed by atoms with van der Waals surface area (Å²) in [4.78, 5) is 18.8. The summed E-state index contributed by atoms with van der Waals surface area (Å²) in [5.41, 5.74) is 0.523. The molecule has 3 heterocycles. The van der Waals surface area contributed by atoms with Crippen molar-refractivity contribution in [3.05, 3.63) is 53.1 Å². The Kier molecular flexibility index (Phi) is 4.25. The summed E-state index contributed by atoms with van der Waals surface area (Å²) >= 11 is 0. The molecule has 1 saturated heterocycles. The van der Waals surface area contributed by atoms with Gasteiger partial charge in [-0.1, -0.05) is 18.2 Å². The predicted molar refractivity (Wildman–Crippen MR) is 89.9 cm³/mol. The summed E-state index contributed by atoms with van der Waals surface area (Å²) in [5, 5.41) is 0. The Hall–Kier alpha value is -2.31. The second-order valence-corrected chi connectivity index (χ2v) is 7.05. The largest absolute Gasteiger partial charge is 0.416 e. The van der Waals surface area contributed by atoms with Gasteiger partial charge in [0.2, 0.25) is 0 Å². The van der Waals surface area contributed by atoms with Crippen LogP contribution in [0.3, 0.4) is 0 Å². The minimum Gasteiger partial charge on any atom is -0.337 e. The molecule has 1 atom stereocenters. The second kappa shape index (κ2) is 6.45. The van der Waals surface area contributed by atoms with Crippen molar-refractivity contribution >= 4 is 5.91 Å². The summed E-state index contributed by atoms with van der Waals surface area (Å²) in [6, 6.07) is 5.55. The summed E-state index contributed by atoms with van der Waals surface area (Å²) in [6.07, 6.45) is 0.869. The van der Waals surface area contributed by atoms with Gasteiger partial charge < -0.3 is 9.47 Å². The molecule has 1 fully saturated rings. The number of imidazole rings is 1. The van der Waals surface area contributed by atoms with Crippen LogP contribution in [-0.4, -0.2) is 33.4 Å². The van der Waals surface area contributed by atoms with Gasteiger partial charge in [0.05, 0.1) is 5.56 Å². The van der Waals surface area contributed by atoms with E-state index in [4.69, 9.17) is 0 Å². The van der Waals surface area contributed by atoms with Gasteiger partial charge in [0.1, 0.15) is 11.5 Å². The third-order valence-corrected chi connectivity index (χ3v) is 5.29. The lowest BCUT2D eigenvalue weighted by atomic mass is 9.90. The number of alkyl halides is 3. The van der Waals surface area contributed by atoms with E-state index in [9.17, 15) is 18.0 Å². The highest BCUT2D eigenvalue weighted by atomic mass is 19.4. The standard InChI is InChI=1S/C19H20F3N3O/c20-19(21,22)15-5-3-4-13(10-15)14-6-7-17-23-16(12-25(17)11-14)18(26)24-8-1-2-9-24/h3-5,10,12,14H,1-2,6-9,11H2. The lowest BCUT2D eigenvalue weighted by Crippen LogP contribution is -2.27. The maximum absolute atomic E-state index is 13.0. The molecule has 1 unspecified atom stereocenters. The number of aromatic nitrogens is 2. The number of halogens is 3. The van der Waals surface area contributed by atoms with E-state index in [1.807, 2.05) is 9.47 Å². The number of rotatable bonds is 2. The van der Waals surface area contributed by atoms with E-state index in [2.05, 4.69) is 4.98 Å². The fraction of sp³-hybridized carbons (Fsp3) is 0.474. The summed E-state index contributed by atoms with van der Waals surface area (Å²) in [5.74, 6) is 0.796. The number of fused-ring (bicyclic) bond motifs is 1. The van der Waals surface area contributed by atoms with Gasteiger partial charge in [0, 0.05) is 38.2 Å². The minimum absolute atomic E-state index is 0.00580. The van der Waals surface area contributed by atoms with E-state index in [-0.39, 0.29) is 11.8 Å². The van der Waals surface area contributed by atoms with E-state index < -0.39 is 11.7 Å². The fourth-order valence-corrected chi connectivity index (χ4v) is 3.87. The number of carbonyl (C=O) groups excluding carboxylic acids is 1. The van der Waals surface area contributed by atoms with Crippen LogP contribution in [0, 0.1) is 0 Å². The molecule has 7 heteroatoms. The highest BCUT2D eigenvalue weighted by Crippen LogP contribution is 2.34. The van der Waals surface area contributed by atoms with Crippen LogP contribution < -0.4 is 0 Å². The van der Waals surface area contributed by atoms with Gasteiger partial charge in [-0.3, -0.25) is 4.79 Å². The van der Waals surface area contributed by atoms with Crippen molar-refractivity contribution in [3.8, 4) is 0 Å². The van der Waals surface area contributed by atoms with Crippen molar-refractivity contribution in [2.75, 3.05) is 13.1 Å². The SMILES string of the molecule is O=C(c1cn2c(n1)CCC(c1cccc(C(F)(F)F)c1)C2)N1CCCC1. The fourth-order valence-electron chi connectivity index (χ4n) is 3.87. The number of hydrogen-bond acceptors (Lipinski definition) is 2. The zero-order chi connectivity index (χ0) is 18.3. The maximum Gasteiger partial charge on any atom is 0.416 e. The molecular weight excluding hydrogens is 343 g/mol. The number of amides is 1. The molecule has 0 saturated carbocycles. The first kappa shape index (κ1) is 17.1. The van der Waals surface area contributed by atoms with Gasteiger partial charge in [0.25, 0.3) is 5.91 Å². The van der Waals surface area contributed by atoms with E-state index >= 15 is 0 Å². The summed E-state index contributed by atoms with van der Waals surface area (Å²) in [7, 11) is 0. The second-order valence-electron chi connectivity index (χ2n) is 7.05. The van der Waals surface area contributed by atoms with Gasteiger partial charge in [-0.05, 0) is 30.9 Å². The Balaban J connectivity index is 1.54. The molecule has 138 valence electrons. The van der Waals surface area contributed by atoms with Crippen LogP contribution in [0.1, 0.15) is 52.6 Å². The monoisotopic (exact) mass is 363 g/mol. The van der Waals surface area contributed by atoms with Crippen molar-refractivity contribution in [1.29, 1.82) is 0 Å². The highest BCUT2D eigenvalue weighted by molar-refractivity contribution is 5.92. The molecule has 26 heavy (non-hydrogen) atoms. The van der Waals surface area contributed by atoms with Crippen LogP contribution in [0.2, 0.25) is 0 Å². The first-order valence-electron chi connectivity index (χ1n) is 8.94. The molecule has 0 bridgehead atoms. The van der Waals surface area contributed by atoms with Crippen LogP contribution in [0.5, 0.6) is 0 Å². The molecule has 2 aliphatic rings. The van der Waals surface area contributed by atoms with Gasteiger partial charge in [0.15, 0.2) is 0 Å². The molecule has 1 aromatic carbocycles. The Morgan fingerprint density at radius 3 is 2.69 bits per heavy atom. The number of hydrogen-bond donors (Lipinski definition) is 0. The molecule has 4 nitrogen and oxygen atoms in total. The highest BCUT2D eigenvalue weighted by Gasteiger charge is 2.32. The average molecular weight is 363 g/mol. The molecule has 0 spiro atoms. The maximum atomic E-state index is 13.0. The molecule has 0 aliphatic carbocycles. The van der Waals surface area contributed by atoms with Crippen LogP contribution >= 0.6 is 0 Å². The quantitative estimate of drug-likeness (QED) is 0.812. The van der Waals surface area contributed by atoms with Gasteiger partial charge in [-0.25, -0.2) is 4.98 Å². The topological polar surface area (TPSA) is 38.1 Å². The van der Waals surface area contributed by atoms with Crippen molar-refractivity contribution in [2.45, 2.75) is 44.3 Å². The van der Waals surface area contributed by atoms with E-state index in [0.29, 0.717) is 24.2 Å². The zero-order valence-electron chi connectivity index (χ0n) is 14.3. The molecule has 4 rings (SSSR count). The van der Waals surface area contributed by atoms with E-state index in [1.54, 1.807) is 12.3 Å². The number of benzene rings is 1. The normalized spacial score (nSPS) is 20.3. The first-order valence-corrected chi connectivity index (χ1v) is 8.94. The molecule has 1 aromatic heterocycles.